The van der Waals surface area contributed by atoms with E-state index >= 15 is 0 Å². The molecule has 0 unspecified atom stereocenters. The van der Waals surface area contributed by atoms with E-state index in [1.54, 1.807) is 33.1 Å². The summed E-state index contributed by atoms with van der Waals surface area (Å²) in [5.74, 6) is 3.32. The van der Waals surface area contributed by atoms with Crippen LogP contribution in [-0.4, -0.2) is 36.1 Å². The van der Waals surface area contributed by atoms with E-state index in [4.69, 9.17) is 14.2 Å². The normalized spacial score (nSPS) is 11.0. The summed E-state index contributed by atoms with van der Waals surface area (Å²) in [4.78, 5) is 0. The lowest BCUT2D eigenvalue weighted by Crippen LogP contribution is -2.01. The van der Waals surface area contributed by atoms with Gasteiger partial charge in [0.2, 0.25) is 5.75 Å². The lowest BCUT2D eigenvalue weighted by Gasteiger charge is -2.14. The second kappa shape index (κ2) is 9.31. The Balaban J connectivity index is 1.67. The van der Waals surface area contributed by atoms with Gasteiger partial charge in [-0.05, 0) is 35.4 Å². The molecule has 1 heterocycles. The van der Waals surface area contributed by atoms with E-state index in [1.807, 2.05) is 12.1 Å². The van der Waals surface area contributed by atoms with Gasteiger partial charge in [0.15, 0.2) is 22.5 Å². The van der Waals surface area contributed by atoms with Crippen molar-refractivity contribution >= 4 is 22.5 Å². The van der Waals surface area contributed by atoms with Gasteiger partial charge in [-0.15, -0.1) is 10.2 Å². The average molecular weight is 436 g/mol. The van der Waals surface area contributed by atoms with Crippen molar-refractivity contribution in [1.82, 2.24) is 14.8 Å². The molecule has 4 rings (SSSR count). The standard InChI is InChI=1S/C24H25N3O3S/c1-5-27-23(18-13-20(28-2)22(30-4)21(14-18)29-3)25-26-24(27)31-15-17-11-8-10-16-9-6-7-12-19(16)17/h6-14H,5,15H2,1-4H3. The quantitative estimate of drug-likeness (QED) is 0.344. The largest absolute Gasteiger partial charge is 0.493 e. The maximum Gasteiger partial charge on any atom is 0.203 e. The van der Waals surface area contributed by atoms with Gasteiger partial charge in [-0.1, -0.05) is 54.2 Å². The smallest absolute Gasteiger partial charge is 0.203 e. The topological polar surface area (TPSA) is 58.4 Å². The van der Waals surface area contributed by atoms with Crippen LogP contribution in [0.5, 0.6) is 17.2 Å². The molecule has 3 aromatic carbocycles. The minimum absolute atomic E-state index is 0.557. The van der Waals surface area contributed by atoms with Crippen molar-refractivity contribution in [2.24, 2.45) is 0 Å². The van der Waals surface area contributed by atoms with Gasteiger partial charge in [0.25, 0.3) is 0 Å². The van der Waals surface area contributed by atoms with Crippen LogP contribution >= 0.6 is 11.8 Å². The summed E-state index contributed by atoms with van der Waals surface area (Å²) in [6, 6.07) is 18.7. The molecule has 0 aliphatic heterocycles. The van der Waals surface area contributed by atoms with Gasteiger partial charge < -0.3 is 18.8 Å². The molecule has 0 N–H and O–H groups in total. The maximum absolute atomic E-state index is 5.50. The highest BCUT2D eigenvalue weighted by Gasteiger charge is 2.19. The van der Waals surface area contributed by atoms with Crippen LogP contribution in [0.15, 0.2) is 59.8 Å². The van der Waals surface area contributed by atoms with Gasteiger partial charge in [0.05, 0.1) is 21.3 Å². The zero-order valence-corrected chi connectivity index (χ0v) is 18.9. The van der Waals surface area contributed by atoms with Gasteiger partial charge >= 0.3 is 0 Å². The molecule has 7 heteroatoms. The third kappa shape index (κ3) is 4.05. The van der Waals surface area contributed by atoms with E-state index in [1.165, 1.54) is 16.3 Å². The SMILES string of the molecule is CCn1c(SCc2cccc3ccccc23)nnc1-c1cc(OC)c(OC)c(OC)c1. The number of hydrogen-bond donors (Lipinski definition) is 0. The summed E-state index contributed by atoms with van der Waals surface area (Å²) >= 11 is 1.68. The third-order valence-electron chi connectivity index (χ3n) is 5.19. The molecule has 0 bridgehead atoms. The summed E-state index contributed by atoms with van der Waals surface area (Å²) in [7, 11) is 4.81. The third-order valence-corrected chi connectivity index (χ3v) is 6.21. The zero-order valence-electron chi connectivity index (χ0n) is 18.1. The minimum atomic E-state index is 0.557. The molecule has 0 fully saturated rings. The Morgan fingerprint density at radius 1 is 0.871 bits per heavy atom. The van der Waals surface area contributed by atoms with Crippen molar-refractivity contribution < 1.29 is 14.2 Å². The average Bonchev–Trinajstić information content (AvgIpc) is 3.24. The fourth-order valence-corrected chi connectivity index (χ4v) is 4.67. The molecule has 0 saturated carbocycles. The van der Waals surface area contributed by atoms with Crippen molar-refractivity contribution in [1.29, 1.82) is 0 Å². The van der Waals surface area contributed by atoms with Crippen LogP contribution in [-0.2, 0) is 12.3 Å². The Bertz CT molecular complexity index is 1180. The van der Waals surface area contributed by atoms with Crippen LogP contribution < -0.4 is 14.2 Å². The summed E-state index contributed by atoms with van der Waals surface area (Å²) < 4.78 is 18.5. The van der Waals surface area contributed by atoms with Crippen LogP contribution in [0.2, 0.25) is 0 Å². The predicted molar refractivity (Wildman–Crippen MR) is 124 cm³/mol. The first-order valence-electron chi connectivity index (χ1n) is 10.0. The molecule has 0 spiro atoms. The zero-order chi connectivity index (χ0) is 21.8. The molecular formula is C24H25N3O3S. The van der Waals surface area contributed by atoms with Crippen molar-refractivity contribution in [3.05, 3.63) is 60.2 Å². The summed E-state index contributed by atoms with van der Waals surface area (Å²) in [6.45, 7) is 2.84. The van der Waals surface area contributed by atoms with Gasteiger partial charge in [-0.25, -0.2) is 0 Å². The van der Waals surface area contributed by atoms with E-state index in [-0.39, 0.29) is 0 Å². The van der Waals surface area contributed by atoms with Crippen LogP contribution in [0.25, 0.3) is 22.2 Å². The highest BCUT2D eigenvalue weighted by Crippen LogP contribution is 2.41. The van der Waals surface area contributed by atoms with Crippen molar-refractivity contribution in [3.8, 4) is 28.6 Å². The second-order valence-electron chi connectivity index (χ2n) is 6.89. The number of rotatable bonds is 8. The highest BCUT2D eigenvalue weighted by atomic mass is 32.2. The Morgan fingerprint density at radius 3 is 2.26 bits per heavy atom. The van der Waals surface area contributed by atoms with Gasteiger partial charge in [0, 0.05) is 17.9 Å². The number of ether oxygens (including phenoxy) is 3. The maximum atomic E-state index is 5.50. The van der Waals surface area contributed by atoms with Crippen LogP contribution in [0.4, 0.5) is 0 Å². The number of fused-ring (bicyclic) bond motifs is 1. The summed E-state index contributed by atoms with van der Waals surface area (Å²) in [5, 5.41) is 12.3. The molecular weight excluding hydrogens is 410 g/mol. The predicted octanol–water partition coefficient (Wildman–Crippen LogP) is 5.44. The first-order chi connectivity index (χ1) is 15.2. The van der Waals surface area contributed by atoms with Crippen molar-refractivity contribution in [2.75, 3.05) is 21.3 Å². The van der Waals surface area contributed by atoms with Crippen molar-refractivity contribution in [2.45, 2.75) is 24.4 Å². The summed E-state index contributed by atoms with van der Waals surface area (Å²) in [5.41, 5.74) is 2.14. The molecule has 0 aliphatic rings. The van der Waals surface area contributed by atoms with E-state index < -0.39 is 0 Å². The molecule has 0 radical (unpaired) electrons. The number of nitrogens with zero attached hydrogens (tertiary/aromatic N) is 3. The molecule has 0 atom stereocenters. The number of benzene rings is 3. The number of hydrogen-bond acceptors (Lipinski definition) is 6. The molecule has 4 aromatic rings. The van der Waals surface area contributed by atoms with Gasteiger partial charge in [-0.3, -0.25) is 0 Å². The van der Waals surface area contributed by atoms with Crippen molar-refractivity contribution in [3.63, 3.8) is 0 Å². The lowest BCUT2D eigenvalue weighted by molar-refractivity contribution is 0.324. The Hall–Kier alpha value is -3.19. The number of aromatic nitrogens is 3. The number of thioether (sulfide) groups is 1. The second-order valence-corrected chi connectivity index (χ2v) is 7.83. The first kappa shape index (κ1) is 21.1. The van der Waals surface area contributed by atoms with Crippen LogP contribution in [0.1, 0.15) is 12.5 Å². The van der Waals surface area contributed by atoms with E-state index in [0.717, 1.165) is 28.8 Å². The lowest BCUT2D eigenvalue weighted by atomic mass is 10.1. The Labute approximate surface area is 186 Å². The molecule has 0 saturated heterocycles. The van der Waals surface area contributed by atoms with Crippen LogP contribution in [0, 0.1) is 0 Å². The fraction of sp³-hybridized carbons (Fsp3) is 0.250. The monoisotopic (exact) mass is 435 g/mol. The van der Waals surface area contributed by atoms with Gasteiger partial charge in [0.1, 0.15) is 0 Å². The molecule has 1 aromatic heterocycles. The van der Waals surface area contributed by atoms with Gasteiger partial charge in [-0.2, -0.15) is 0 Å². The molecule has 31 heavy (non-hydrogen) atoms. The Morgan fingerprint density at radius 2 is 1.58 bits per heavy atom. The molecule has 160 valence electrons. The van der Waals surface area contributed by atoms with Crippen LogP contribution in [0.3, 0.4) is 0 Å². The van der Waals surface area contributed by atoms with E-state index in [0.29, 0.717) is 17.2 Å². The Kier molecular flexibility index (Phi) is 6.32. The highest BCUT2D eigenvalue weighted by molar-refractivity contribution is 7.98. The molecule has 6 nitrogen and oxygen atoms in total. The van der Waals surface area contributed by atoms with E-state index in [9.17, 15) is 0 Å². The summed E-state index contributed by atoms with van der Waals surface area (Å²) in [6.07, 6.45) is 0. The number of methoxy groups -OCH3 is 3. The molecule has 0 amide bonds. The molecule has 0 aliphatic carbocycles. The first-order valence-corrected chi connectivity index (χ1v) is 11.0. The fourth-order valence-electron chi connectivity index (χ4n) is 3.66. The van der Waals surface area contributed by atoms with E-state index in [2.05, 4.69) is 64.2 Å². The minimum Gasteiger partial charge on any atom is -0.493 e.